The molecule has 0 aromatic carbocycles. The van der Waals surface area contributed by atoms with E-state index in [-0.39, 0.29) is 11.4 Å². The number of hydrogen-bond donors (Lipinski definition) is 1. The van der Waals surface area contributed by atoms with Crippen molar-refractivity contribution in [3.8, 4) is 6.07 Å². The molecule has 0 aromatic rings. The summed E-state index contributed by atoms with van der Waals surface area (Å²) in [7, 11) is 0. The zero-order valence-electron chi connectivity index (χ0n) is 11.3. The standard InChI is InChI=1S/C15H22N2O/c1-14(2,9-16)13(18)17-15-6-10-3-11(7-15)5-12(4-10)8-15/h10-12H,3-8H2,1-2H3,(H,17,18). The van der Waals surface area contributed by atoms with Gasteiger partial charge in [-0.05, 0) is 70.1 Å². The normalized spacial score (nSPS) is 41.5. The molecule has 4 rings (SSSR count). The molecule has 0 saturated heterocycles. The number of nitrogens with zero attached hydrogens (tertiary/aromatic N) is 1. The summed E-state index contributed by atoms with van der Waals surface area (Å²) >= 11 is 0. The van der Waals surface area contributed by atoms with Gasteiger partial charge in [0.05, 0.1) is 6.07 Å². The molecule has 0 spiro atoms. The van der Waals surface area contributed by atoms with Crippen molar-refractivity contribution >= 4 is 5.91 Å². The van der Waals surface area contributed by atoms with E-state index in [1.54, 1.807) is 13.8 Å². The summed E-state index contributed by atoms with van der Waals surface area (Å²) in [6, 6.07) is 2.11. The second kappa shape index (κ2) is 3.73. The van der Waals surface area contributed by atoms with Crippen molar-refractivity contribution in [3.05, 3.63) is 0 Å². The van der Waals surface area contributed by atoms with Gasteiger partial charge in [0.2, 0.25) is 5.91 Å². The summed E-state index contributed by atoms with van der Waals surface area (Å²) in [6.45, 7) is 3.42. The van der Waals surface area contributed by atoms with Crippen LogP contribution in [0.15, 0.2) is 0 Å². The summed E-state index contributed by atoms with van der Waals surface area (Å²) in [6.07, 6.45) is 7.55. The number of nitriles is 1. The van der Waals surface area contributed by atoms with Gasteiger partial charge in [0.25, 0.3) is 0 Å². The highest BCUT2D eigenvalue weighted by atomic mass is 16.2. The lowest BCUT2D eigenvalue weighted by Gasteiger charge is -2.57. The van der Waals surface area contributed by atoms with Crippen molar-refractivity contribution in [2.75, 3.05) is 0 Å². The number of carbonyl (C=O) groups is 1. The average molecular weight is 246 g/mol. The minimum absolute atomic E-state index is 0.0277. The lowest BCUT2D eigenvalue weighted by atomic mass is 9.53. The molecular weight excluding hydrogens is 224 g/mol. The van der Waals surface area contributed by atoms with Gasteiger partial charge >= 0.3 is 0 Å². The predicted octanol–water partition coefficient (Wildman–Crippen LogP) is 2.62. The molecule has 4 fully saturated rings. The Morgan fingerprint density at radius 1 is 1.17 bits per heavy atom. The Bertz CT molecular complexity index is 383. The van der Waals surface area contributed by atoms with E-state index < -0.39 is 5.41 Å². The average Bonchev–Trinajstić information content (AvgIpc) is 2.26. The van der Waals surface area contributed by atoms with Gasteiger partial charge in [-0.3, -0.25) is 4.79 Å². The van der Waals surface area contributed by atoms with E-state index in [2.05, 4.69) is 11.4 Å². The van der Waals surface area contributed by atoms with Gasteiger partial charge in [0.15, 0.2) is 0 Å². The highest BCUT2D eigenvalue weighted by Crippen LogP contribution is 2.55. The molecule has 3 nitrogen and oxygen atoms in total. The van der Waals surface area contributed by atoms with Gasteiger partial charge in [-0.15, -0.1) is 0 Å². The molecule has 0 unspecified atom stereocenters. The number of nitrogens with one attached hydrogen (secondary N) is 1. The van der Waals surface area contributed by atoms with Crippen molar-refractivity contribution in [2.45, 2.75) is 57.9 Å². The van der Waals surface area contributed by atoms with Gasteiger partial charge in [0.1, 0.15) is 5.41 Å². The third-order valence-corrected chi connectivity index (χ3v) is 5.26. The molecule has 4 saturated carbocycles. The lowest BCUT2D eigenvalue weighted by Crippen LogP contribution is -2.61. The largest absolute Gasteiger partial charge is 0.349 e. The molecule has 1 amide bonds. The fraction of sp³-hybridized carbons (Fsp3) is 0.867. The highest BCUT2D eigenvalue weighted by Gasteiger charge is 2.52. The number of carbonyl (C=O) groups excluding carboxylic acids is 1. The number of hydrogen-bond acceptors (Lipinski definition) is 2. The Morgan fingerprint density at radius 2 is 1.61 bits per heavy atom. The maximum atomic E-state index is 12.2. The molecule has 0 atom stereocenters. The van der Waals surface area contributed by atoms with Crippen LogP contribution in [0.1, 0.15) is 52.4 Å². The molecule has 0 radical (unpaired) electrons. The first-order valence-electron chi connectivity index (χ1n) is 7.16. The van der Waals surface area contributed by atoms with Gasteiger partial charge in [-0.25, -0.2) is 0 Å². The summed E-state index contributed by atoms with van der Waals surface area (Å²) in [4.78, 5) is 12.2. The number of rotatable bonds is 2. The first-order chi connectivity index (χ1) is 8.42. The minimum atomic E-state index is -0.899. The topological polar surface area (TPSA) is 52.9 Å². The van der Waals surface area contributed by atoms with Crippen LogP contribution >= 0.6 is 0 Å². The lowest BCUT2D eigenvalue weighted by molar-refractivity contribution is -0.132. The van der Waals surface area contributed by atoms with E-state index in [0.717, 1.165) is 37.0 Å². The maximum Gasteiger partial charge on any atom is 0.240 e. The number of amides is 1. The van der Waals surface area contributed by atoms with E-state index in [1.165, 1.54) is 19.3 Å². The molecular formula is C15H22N2O. The second-order valence-corrected chi connectivity index (χ2v) is 7.39. The van der Waals surface area contributed by atoms with Crippen molar-refractivity contribution < 1.29 is 4.79 Å². The van der Waals surface area contributed by atoms with Crippen LogP contribution in [0.2, 0.25) is 0 Å². The Balaban J connectivity index is 1.77. The van der Waals surface area contributed by atoms with Crippen molar-refractivity contribution in [3.63, 3.8) is 0 Å². The fourth-order valence-electron chi connectivity index (χ4n) is 4.71. The summed E-state index contributed by atoms with van der Waals surface area (Å²) < 4.78 is 0. The van der Waals surface area contributed by atoms with Crippen molar-refractivity contribution in [2.24, 2.45) is 23.2 Å². The Hall–Kier alpha value is -1.04. The van der Waals surface area contributed by atoms with Crippen LogP contribution in [-0.2, 0) is 4.79 Å². The van der Waals surface area contributed by atoms with Crippen LogP contribution in [0.25, 0.3) is 0 Å². The molecule has 18 heavy (non-hydrogen) atoms. The smallest absolute Gasteiger partial charge is 0.240 e. The molecule has 98 valence electrons. The van der Waals surface area contributed by atoms with E-state index in [9.17, 15) is 4.79 Å². The van der Waals surface area contributed by atoms with Crippen LogP contribution < -0.4 is 5.32 Å². The van der Waals surface area contributed by atoms with Crippen LogP contribution in [0.4, 0.5) is 0 Å². The molecule has 1 N–H and O–H groups in total. The maximum absolute atomic E-state index is 12.2. The summed E-state index contributed by atoms with van der Waals surface area (Å²) in [5.41, 5.74) is -0.872. The molecule has 3 heteroatoms. The quantitative estimate of drug-likeness (QED) is 0.814. The van der Waals surface area contributed by atoms with Crippen LogP contribution in [0, 0.1) is 34.5 Å². The SMILES string of the molecule is CC(C)(C#N)C(=O)NC12CC3CC(CC(C3)C1)C2. The van der Waals surface area contributed by atoms with Crippen LogP contribution in [0.5, 0.6) is 0 Å². The summed E-state index contributed by atoms with van der Waals surface area (Å²) in [5.74, 6) is 2.39. The van der Waals surface area contributed by atoms with Gasteiger partial charge < -0.3 is 5.32 Å². The molecule has 4 aliphatic carbocycles. The molecule has 0 aliphatic heterocycles. The van der Waals surface area contributed by atoms with E-state index in [1.807, 2.05) is 0 Å². The van der Waals surface area contributed by atoms with E-state index >= 15 is 0 Å². The fourth-order valence-corrected chi connectivity index (χ4v) is 4.71. The third kappa shape index (κ3) is 1.83. The zero-order chi connectivity index (χ0) is 13.0. The monoisotopic (exact) mass is 246 g/mol. The van der Waals surface area contributed by atoms with E-state index in [4.69, 9.17) is 5.26 Å². The second-order valence-electron chi connectivity index (χ2n) is 7.39. The Kier molecular flexibility index (Phi) is 2.49. The first kappa shape index (κ1) is 12.0. The van der Waals surface area contributed by atoms with Crippen LogP contribution in [0.3, 0.4) is 0 Å². The first-order valence-corrected chi connectivity index (χ1v) is 7.16. The van der Waals surface area contributed by atoms with Gasteiger partial charge in [0, 0.05) is 5.54 Å². The van der Waals surface area contributed by atoms with Crippen LogP contribution in [-0.4, -0.2) is 11.4 Å². The minimum Gasteiger partial charge on any atom is -0.349 e. The Labute approximate surface area is 109 Å². The third-order valence-electron chi connectivity index (χ3n) is 5.26. The Morgan fingerprint density at radius 3 is 2.00 bits per heavy atom. The summed E-state index contributed by atoms with van der Waals surface area (Å²) in [5, 5.41) is 12.3. The van der Waals surface area contributed by atoms with E-state index in [0.29, 0.717) is 0 Å². The molecule has 4 bridgehead atoms. The molecule has 4 aliphatic rings. The predicted molar refractivity (Wildman–Crippen MR) is 68.4 cm³/mol. The van der Waals surface area contributed by atoms with Gasteiger partial charge in [-0.1, -0.05) is 0 Å². The highest BCUT2D eigenvalue weighted by molar-refractivity contribution is 5.85. The van der Waals surface area contributed by atoms with Gasteiger partial charge in [-0.2, -0.15) is 5.26 Å². The molecule has 0 aromatic heterocycles. The van der Waals surface area contributed by atoms with Crippen molar-refractivity contribution in [1.29, 1.82) is 5.26 Å². The molecule has 0 heterocycles. The van der Waals surface area contributed by atoms with Crippen molar-refractivity contribution in [1.82, 2.24) is 5.32 Å². The zero-order valence-corrected chi connectivity index (χ0v) is 11.3.